The minimum Gasteiger partial charge on any atom is -0.478 e. The van der Waals surface area contributed by atoms with Crippen molar-refractivity contribution in [1.82, 2.24) is 19.6 Å². The van der Waals surface area contributed by atoms with E-state index in [4.69, 9.17) is 14.9 Å². The SMILES string of the molecule is CCOc1c(CN2CCN(CCO)CC2)c(C)nn1CC(C)C. The van der Waals surface area contributed by atoms with E-state index in [9.17, 15) is 0 Å². The lowest BCUT2D eigenvalue weighted by Crippen LogP contribution is -2.46. The van der Waals surface area contributed by atoms with Crippen molar-refractivity contribution >= 4 is 0 Å². The van der Waals surface area contributed by atoms with Crippen molar-refractivity contribution in [3.63, 3.8) is 0 Å². The van der Waals surface area contributed by atoms with Crippen LogP contribution < -0.4 is 4.74 Å². The van der Waals surface area contributed by atoms with Crippen molar-refractivity contribution in [3.05, 3.63) is 11.3 Å². The molecule has 6 heteroatoms. The Morgan fingerprint density at radius 2 is 1.83 bits per heavy atom. The highest BCUT2D eigenvalue weighted by molar-refractivity contribution is 5.31. The summed E-state index contributed by atoms with van der Waals surface area (Å²) >= 11 is 0. The first-order valence-corrected chi connectivity index (χ1v) is 8.79. The zero-order valence-electron chi connectivity index (χ0n) is 15.1. The van der Waals surface area contributed by atoms with Crippen LogP contribution in [0.15, 0.2) is 0 Å². The highest BCUT2D eigenvalue weighted by Gasteiger charge is 2.22. The van der Waals surface area contributed by atoms with E-state index in [1.165, 1.54) is 5.56 Å². The minimum absolute atomic E-state index is 0.246. The maximum Gasteiger partial charge on any atom is 0.216 e. The topological polar surface area (TPSA) is 53.8 Å². The molecular weight excluding hydrogens is 292 g/mol. The summed E-state index contributed by atoms with van der Waals surface area (Å²) in [6, 6.07) is 0. The molecular formula is C17H32N4O2. The van der Waals surface area contributed by atoms with Gasteiger partial charge in [-0.05, 0) is 19.8 Å². The maximum atomic E-state index is 9.04. The molecule has 2 rings (SSSR count). The van der Waals surface area contributed by atoms with Crippen LogP contribution in [0.1, 0.15) is 32.0 Å². The number of hydrogen-bond acceptors (Lipinski definition) is 5. The third kappa shape index (κ3) is 4.93. The lowest BCUT2D eigenvalue weighted by Gasteiger charge is -2.34. The third-order valence-electron chi connectivity index (χ3n) is 4.28. The molecule has 1 aromatic heterocycles. The van der Waals surface area contributed by atoms with Crippen molar-refractivity contribution in [1.29, 1.82) is 0 Å². The fraction of sp³-hybridized carbons (Fsp3) is 0.824. The fourth-order valence-electron chi connectivity index (χ4n) is 3.08. The van der Waals surface area contributed by atoms with Gasteiger partial charge in [-0.2, -0.15) is 5.10 Å². The lowest BCUT2D eigenvalue weighted by molar-refractivity contribution is 0.107. The van der Waals surface area contributed by atoms with Crippen molar-refractivity contribution in [2.24, 2.45) is 5.92 Å². The van der Waals surface area contributed by atoms with Crippen LogP contribution in [0.3, 0.4) is 0 Å². The highest BCUT2D eigenvalue weighted by Crippen LogP contribution is 2.25. The van der Waals surface area contributed by atoms with Gasteiger partial charge in [-0.3, -0.25) is 9.80 Å². The summed E-state index contributed by atoms with van der Waals surface area (Å²) in [7, 11) is 0. The highest BCUT2D eigenvalue weighted by atomic mass is 16.5. The zero-order valence-corrected chi connectivity index (χ0v) is 15.1. The van der Waals surface area contributed by atoms with Gasteiger partial charge < -0.3 is 9.84 Å². The Kier molecular flexibility index (Phi) is 6.87. The van der Waals surface area contributed by atoms with Crippen LogP contribution in [-0.2, 0) is 13.1 Å². The Hall–Kier alpha value is -1.11. The fourth-order valence-corrected chi connectivity index (χ4v) is 3.08. The average Bonchev–Trinajstić information content (AvgIpc) is 2.77. The molecule has 0 amide bonds. The third-order valence-corrected chi connectivity index (χ3v) is 4.28. The molecule has 0 aromatic carbocycles. The molecule has 0 radical (unpaired) electrons. The molecule has 0 bridgehead atoms. The molecule has 2 heterocycles. The first-order chi connectivity index (χ1) is 11.0. The molecule has 1 aromatic rings. The first-order valence-electron chi connectivity index (χ1n) is 8.79. The van der Waals surface area contributed by atoms with E-state index in [0.717, 1.165) is 57.4 Å². The second-order valence-electron chi connectivity index (χ2n) is 6.72. The van der Waals surface area contributed by atoms with E-state index in [1.54, 1.807) is 0 Å². The van der Waals surface area contributed by atoms with Crippen LogP contribution in [0.2, 0.25) is 0 Å². The molecule has 1 aliphatic heterocycles. The van der Waals surface area contributed by atoms with Gasteiger partial charge in [0.05, 0.1) is 24.5 Å². The molecule has 1 aliphatic rings. The maximum absolute atomic E-state index is 9.04. The quantitative estimate of drug-likeness (QED) is 0.782. The molecule has 1 saturated heterocycles. The van der Waals surface area contributed by atoms with Crippen molar-refractivity contribution in [2.45, 2.75) is 40.8 Å². The van der Waals surface area contributed by atoms with E-state index in [2.05, 4.69) is 30.6 Å². The van der Waals surface area contributed by atoms with Crippen LogP contribution in [0.5, 0.6) is 5.88 Å². The van der Waals surface area contributed by atoms with Crippen LogP contribution in [0.4, 0.5) is 0 Å². The first kappa shape index (κ1) is 18.2. The Morgan fingerprint density at radius 3 is 2.39 bits per heavy atom. The van der Waals surface area contributed by atoms with Crippen molar-refractivity contribution in [2.75, 3.05) is 45.9 Å². The van der Waals surface area contributed by atoms with Crippen molar-refractivity contribution < 1.29 is 9.84 Å². The van der Waals surface area contributed by atoms with Gasteiger partial charge in [-0.15, -0.1) is 0 Å². The van der Waals surface area contributed by atoms with Crippen LogP contribution in [0, 0.1) is 12.8 Å². The van der Waals surface area contributed by atoms with Gasteiger partial charge in [0.1, 0.15) is 0 Å². The molecule has 132 valence electrons. The summed E-state index contributed by atoms with van der Waals surface area (Å²) in [6.45, 7) is 16.1. The summed E-state index contributed by atoms with van der Waals surface area (Å²) in [5.41, 5.74) is 2.30. The number of aliphatic hydroxyl groups is 1. The smallest absolute Gasteiger partial charge is 0.216 e. The average molecular weight is 324 g/mol. The van der Waals surface area contributed by atoms with Crippen molar-refractivity contribution in [3.8, 4) is 5.88 Å². The summed E-state index contributed by atoms with van der Waals surface area (Å²) in [5.74, 6) is 1.49. The number of piperazine rings is 1. The van der Waals surface area contributed by atoms with E-state index < -0.39 is 0 Å². The van der Waals surface area contributed by atoms with Gasteiger partial charge in [0, 0.05) is 45.8 Å². The van der Waals surface area contributed by atoms with Crippen LogP contribution in [0.25, 0.3) is 0 Å². The molecule has 0 spiro atoms. The van der Waals surface area contributed by atoms with E-state index in [-0.39, 0.29) is 6.61 Å². The van der Waals surface area contributed by atoms with Gasteiger partial charge in [0.15, 0.2) is 0 Å². The number of aromatic nitrogens is 2. The lowest BCUT2D eigenvalue weighted by atomic mass is 10.2. The second-order valence-corrected chi connectivity index (χ2v) is 6.72. The Bertz CT molecular complexity index is 479. The molecule has 0 aliphatic carbocycles. The Balaban J connectivity index is 2.05. The monoisotopic (exact) mass is 324 g/mol. The summed E-state index contributed by atoms with van der Waals surface area (Å²) in [6.07, 6.45) is 0. The molecule has 0 saturated carbocycles. The number of rotatable bonds is 8. The number of β-amino-alcohol motifs (C(OH)–C–C–N with tert-alkyl or cyclic N) is 1. The predicted octanol–water partition coefficient (Wildman–Crippen LogP) is 1.36. The van der Waals surface area contributed by atoms with Gasteiger partial charge in [-0.1, -0.05) is 13.8 Å². The molecule has 1 fully saturated rings. The van der Waals surface area contributed by atoms with Gasteiger partial charge >= 0.3 is 0 Å². The van der Waals surface area contributed by atoms with Gasteiger partial charge in [0.2, 0.25) is 5.88 Å². The summed E-state index contributed by atoms with van der Waals surface area (Å²) in [5, 5.41) is 13.7. The summed E-state index contributed by atoms with van der Waals surface area (Å²) < 4.78 is 7.95. The number of hydrogen-bond donors (Lipinski definition) is 1. The zero-order chi connectivity index (χ0) is 16.8. The molecule has 6 nitrogen and oxygen atoms in total. The minimum atomic E-state index is 0.246. The van der Waals surface area contributed by atoms with E-state index >= 15 is 0 Å². The Morgan fingerprint density at radius 1 is 1.17 bits per heavy atom. The normalized spacial score (nSPS) is 17.1. The van der Waals surface area contributed by atoms with E-state index in [0.29, 0.717) is 12.5 Å². The van der Waals surface area contributed by atoms with Gasteiger partial charge in [-0.25, -0.2) is 4.68 Å². The molecule has 23 heavy (non-hydrogen) atoms. The van der Waals surface area contributed by atoms with E-state index in [1.807, 2.05) is 11.6 Å². The number of ether oxygens (including phenoxy) is 1. The number of nitrogens with zero attached hydrogens (tertiary/aromatic N) is 4. The summed E-state index contributed by atoms with van der Waals surface area (Å²) in [4.78, 5) is 4.77. The second kappa shape index (κ2) is 8.66. The number of aryl methyl sites for hydroxylation is 1. The van der Waals surface area contributed by atoms with Crippen LogP contribution >= 0.6 is 0 Å². The predicted molar refractivity (Wildman–Crippen MR) is 91.8 cm³/mol. The van der Waals surface area contributed by atoms with Gasteiger partial charge in [0.25, 0.3) is 0 Å². The standard InChI is InChI=1S/C17H32N4O2/c1-5-23-17-16(15(4)18-21(17)12-14(2)3)13-20-8-6-19(7-9-20)10-11-22/h14,22H,5-13H2,1-4H3. The number of aliphatic hydroxyl groups excluding tert-OH is 1. The molecule has 1 N–H and O–H groups in total. The molecule has 0 atom stereocenters. The Labute approximate surface area is 140 Å². The van der Waals surface area contributed by atoms with Crippen LogP contribution in [-0.4, -0.2) is 70.6 Å². The largest absolute Gasteiger partial charge is 0.478 e. The molecule has 0 unspecified atom stereocenters.